The molecule has 0 heterocycles. The van der Waals surface area contributed by atoms with Gasteiger partial charge >= 0.3 is 0 Å². The maximum Gasteiger partial charge on any atom is 0.0666 e. The van der Waals surface area contributed by atoms with Crippen molar-refractivity contribution in [3.05, 3.63) is 12.2 Å². The van der Waals surface area contributed by atoms with Crippen LogP contribution in [-0.2, 0) is 4.79 Å². The quantitative estimate of drug-likeness (QED) is 0.445. The Hall–Kier alpha value is -0.360. The first-order valence-corrected chi connectivity index (χ1v) is 10.8. The largest absolute Gasteiger partial charge is 0.545 e. The van der Waals surface area contributed by atoms with E-state index in [1.807, 2.05) is 0 Å². The first kappa shape index (κ1) is 21.9. The standard InChI is InChI=1S/C13H30P.C4H6O2/c1-5-8-11-14(4,12-9-6-2)13-10-7-3;1-3(2)4(5)6/h5-13H2,1-4H3;1H2,2H3,(H,5,6)/q+1;/p-1. The molecule has 0 aliphatic rings. The highest BCUT2D eigenvalue weighted by Crippen LogP contribution is 2.57. The van der Waals surface area contributed by atoms with E-state index in [1.54, 1.807) is 18.5 Å². The van der Waals surface area contributed by atoms with E-state index in [2.05, 4.69) is 34.0 Å². The van der Waals surface area contributed by atoms with Crippen molar-refractivity contribution < 1.29 is 9.90 Å². The van der Waals surface area contributed by atoms with Crippen LogP contribution in [0.5, 0.6) is 0 Å². The van der Waals surface area contributed by atoms with Gasteiger partial charge < -0.3 is 9.90 Å². The number of hydrogen-bond donors (Lipinski definition) is 0. The van der Waals surface area contributed by atoms with E-state index in [0.29, 0.717) is 0 Å². The summed E-state index contributed by atoms with van der Waals surface area (Å²) >= 11 is 0. The average molecular weight is 302 g/mol. The summed E-state index contributed by atoms with van der Waals surface area (Å²) in [6.07, 6.45) is 13.2. The lowest BCUT2D eigenvalue weighted by Crippen LogP contribution is -2.22. The SMILES string of the molecule is C=C(C)C(=O)[O-].CCCC[P+](C)(CCCC)CCCC. The second kappa shape index (κ2) is 13.6. The van der Waals surface area contributed by atoms with Crippen LogP contribution < -0.4 is 5.11 Å². The molecule has 120 valence electrons. The van der Waals surface area contributed by atoms with Crippen molar-refractivity contribution in [3.8, 4) is 0 Å². The van der Waals surface area contributed by atoms with E-state index in [4.69, 9.17) is 0 Å². The molecule has 0 saturated carbocycles. The lowest BCUT2D eigenvalue weighted by atomic mass is 10.4. The average Bonchev–Trinajstić information content (AvgIpc) is 2.41. The topological polar surface area (TPSA) is 40.1 Å². The summed E-state index contributed by atoms with van der Waals surface area (Å²) in [5.74, 6) is -1.19. The van der Waals surface area contributed by atoms with Crippen molar-refractivity contribution >= 4 is 13.2 Å². The van der Waals surface area contributed by atoms with Crippen LogP contribution in [-0.4, -0.2) is 31.1 Å². The molecule has 0 amide bonds. The summed E-state index contributed by atoms with van der Waals surface area (Å²) in [6, 6.07) is 0. The van der Waals surface area contributed by atoms with Crippen molar-refractivity contribution in [2.24, 2.45) is 0 Å². The van der Waals surface area contributed by atoms with Gasteiger partial charge in [-0.2, -0.15) is 0 Å². The number of rotatable bonds is 10. The highest BCUT2D eigenvalue weighted by atomic mass is 31.2. The number of aliphatic carboxylic acids is 1. The van der Waals surface area contributed by atoms with Crippen LogP contribution in [0.15, 0.2) is 12.2 Å². The van der Waals surface area contributed by atoms with E-state index < -0.39 is 13.2 Å². The van der Waals surface area contributed by atoms with Gasteiger partial charge in [-0.3, -0.25) is 0 Å². The molecule has 0 bridgehead atoms. The third-order valence-corrected chi connectivity index (χ3v) is 7.69. The molecule has 0 aliphatic carbocycles. The molecule has 0 aromatic heterocycles. The molecular formula is C17H35O2P. The van der Waals surface area contributed by atoms with Crippen molar-refractivity contribution in [2.75, 3.05) is 25.2 Å². The number of carbonyl (C=O) groups is 1. The van der Waals surface area contributed by atoms with E-state index in [9.17, 15) is 9.90 Å². The van der Waals surface area contributed by atoms with Gasteiger partial charge in [-0.25, -0.2) is 0 Å². The maximum absolute atomic E-state index is 9.49. The molecular weight excluding hydrogens is 267 g/mol. The number of carbonyl (C=O) groups excluding carboxylic acids is 1. The molecule has 0 saturated heterocycles. The Kier molecular flexibility index (Phi) is 14.9. The fourth-order valence-electron chi connectivity index (χ4n) is 1.95. The molecule has 0 aromatic carbocycles. The molecule has 0 aliphatic heterocycles. The Morgan fingerprint density at radius 2 is 1.20 bits per heavy atom. The zero-order valence-electron chi connectivity index (χ0n) is 14.3. The molecule has 0 fully saturated rings. The Morgan fingerprint density at radius 3 is 1.35 bits per heavy atom. The molecule has 2 nitrogen and oxygen atoms in total. The van der Waals surface area contributed by atoms with Gasteiger partial charge in [0.1, 0.15) is 0 Å². The molecule has 20 heavy (non-hydrogen) atoms. The second-order valence-corrected chi connectivity index (χ2v) is 10.5. The predicted octanol–water partition coefficient (Wildman–Crippen LogP) is 4.35. The molecule has 0 rings (SSSR count). The molecule has 0 unspecified atom stereocenters. The summed E-state index contributed by atoms with van der Waals surface area (Å²) in [5.41, 5.74) is 0.0648. The monoisotopic (exact) mass is 302 g/mol. The fourth-order valence-corrected chi connectivity index (χ4v) is 5.86. The van der Waals surface area contributed by atoms with Crippen molar-refractivity contribution in [1.82, 2.24) is 0 Å². The molecule has 0 aromatic rings. The molecule has 0 atom stereocenters. The third kappa shape index (κ3) is 14.1. The zero-order chi connectivity index (χ0) is 16.0. The summed E-state index contributed by atoms with van der Waals surface area (Å²) in [4.78, 5) is 9.49. The van der Waals surface area contributed by atoms with Gasteiger partial charge in [0, 0.05) is 13.9 Å². The van der Waals surface area contributed by atoms with Crippen LogP contribution in [0.3, 0.4) is 0 Å². The maximum atomic E-state index is 9.49. The Labute approximate surface area is 127 Å². The number of unbranched alkanes of at least 4 members (excludes halogenated alkanes) is 3. The second-order valence-electron chi connectivity index (χ2n) is 5.92. The van der Waals surface area contributed by atoms with Crippen LogP contribution in [0.4, 0.5) is 0 Å². The lowest BCUT2D eigenvalue weighted by molar-refractivity contribution is -0.299. The van der Waals surface area contributed by atoms with Gasteiger partial charge in [0.2, 0.25) is 0 Å². The van der Waals surface area contributed by atoms with Gasteiger partial charge in [-0.05, 0) is 31.8 Å². The fraction of sp³-hybridized carbons (Fsp3) is 0.824. The smallest absolute Gasteiger partial charge is 0.0666 e. The normalized spacial score (nSPS) is 10.7. The Morgan fingerprint density at radius 1 is 0.950 bits per heavy atom. The minimum atomic E-state index is -1.19. The molecule has 0 radical (unpaired) electrons. The van der Waals surface area contributed by atoms with Crippen LogP contribution in [0, 0.1) is 0 Å². The highest BCUT2D eigenvalue weighted by Gasteiger charge is 2.28. The zero-order valence-corrected chi connectivity index (χ0v) is 15.2. The van der Waals surface area contributed by atoms with Gasteiger partial charge in [-0.1, -0.05) is 46.6 Å². The van der Waals surface area contributed by atoms with Crippen molar-refractivity contribution in [3.63, 3.8) is 0 Å². The number of hydrogen-bond acceptors (Lipinski definition) is 2. The van der Waals surface area contributed by atoms with E-state index in [-0.39, 0.29) is 5.57 Å². The van der Waals surface area contributed by atoms with Gasteiger partial charge in [0.05, 0.1) is 24.5 Å². The van der Waals surface area contributed by atoms with Crippen molar-refractivity contribution in [2.45, 2.75) is 66.2 Å². The minimum Gasteiger partial charge on any atom is -0.545 e. The predicted molar refractivity (Wildman–Crippen MR) is 92.0 cm³/mol. The molecule has 3 heteroatoms. The first-order valence-electron chi connectivity index (χ1n) is 8.03. The van der Waals surface area contributed by atoms with Gasteiger partial charge in [-0.15, -0.1) is 0 Å². The van der Waals surface area contributed by atoms with E-state index >= 15 is 0 Å². The summed E-state index contributed by atoms with van der Waals surface area (Å²) < 4.78 is 0. The summed E-state index contributed by atoms with van der Waals surface area (Å²) in [6.45, 7) is 14.1. The molecule has 0 N–H and O–H groups in total. The van der Waals surface area contributed by atoms with Gasteiger partial charge in [0.15, 0.2) is 0 Å². The highest BCUT2D eigenvalue weighted by molar-refractivity contribution is 7.75. The Bertz CT molecular complexity index is 228. The third-order valence-electron chi connectivity index (χ3n) is 3.50. The number of carboxylic acids is 1. The van der Waals surface area contributed by atoms with Crippen molar-refractivity contribution in [1.29, 1.82) is 0 Å². The first-order chi connectivity index (χ1) is 9.32. The van der Waals surface area contributed by atoms with Gasteiger partial charge in [0.25, 0.3) is 0 Å². The number of carboxylic acid groups (broad SMARTS) is 1. The van der Waals surface area contributed by atoms with E-state index in [1.165, 1.54) is 45.4 Å². The Balaban J connectivity index is 0. The van der Waals surface area contributed by atoms with E-state index in [0.717, 1.165) is 0 Å². The molecule has 0 spiro atoms. The summed E-state index contributed by atoms with van der Waals surface area (Å²) in [7, 11) is -0.519. The van der Waals surface area contributed by atoms with Crippen LogP contribution in [0.2, 0.25) is 0 Å². The minimum absolute atomic E-state index is 0.0648. The van der Waals surface area contributed by atoms with Crippen LogP contribution in [0.1, 0.15) is 66.2 Å². The lowest BCUT2D eigenvalue weighted by Gasteiger charge is -2.22. The summed E-state index contributed by atoms with van der Waals surface area (Å²) in [5, 5.41) is 9.49. The van der Waals surface area contributed by atoms with Crippen LogP contribution >= 0.6 is 7.26 Å². The van der Waals surface area contributed by atoms with Crippen LogP contribution in [0.25, 0.3) is 0 Å².